The summed E-state index contributed by atoms with van der Waals surface area (Å²) < 4.78 is 39.6. The van der Waals surface area contributed by atoms with Crippen LogP contribution in [0.2, 0.25) is 0 Å². The number of carbonyl (C=O) groups excluding carboxylic acids is 4. The Kier molecular flexibility index (Phi) is 9.81. The first-order valence-electron chi connectivity index (χ1n) is 18.1. The Morgan fingerprint density at radius 2 is 1.83 bits per heavy atom. The van der Waals surface area contributed by atoms with Gasteiger partial charge in [-0.2, -0.15) is 0 Å². The molecule has 2 aromatic carbocycles. The van der Waals surface area contributed by atoms with E-state index in [1.807, 2.05) is 42.5 Å². The Balaban J connectivity index is 1.21. The molecule has 13 heteroatoms. The van der Waals surface area contributed by atoms with Crippen molar-refractivity contribution in [3.8, 4) is 17.0 Å². The zero-order chi connectivity index (χ0) is 36.6. The number of nitrogens with zero attached hydrogens (tertiary/aromatic N) is 1. The summed E-state index contributed by atoms with van der Waals surface area (Å²) in [6.45, 7) is 5.54. The summed E-state index contributed by atoms with van der Waals surface area (Å²) in [7, 11) is -3.87. The molecule has 12 nitrogen and oxygen atoms in total. The number of alkyl carbamates (subject to hydrolysis) is 1. The number of amides is 3. The van der Waals surface area contributed by atoms with E-state index in [0.29, 0.717) is 30.7 Å². The maximum absolute atomic E-state index is 14.2. The van der Waals surface area contributed by atoms with Crippen LogP contribution in [0, 0.1) is 17.8 Å². The lowest BCUT2D eigenvalue weighted by atomic mass is 9.88. The van der Waals surface area contributed by atoms with Crippen LogP contribution in [-0.2, 0) is 35.6 Å². The van der Waals surface area contributed by atoms with Crippen LogP contribution in [-0.4, -0.2) is 66.6 Å². The molecule has 6 atom stereocenters. The quantitative estimate of drug-likeness (QED) is 0.291. The Morgan fingerprint density at radius 3 is 2.56 bits per heavy atom. The highest BCUT2D eigenvalue weighted by molar-refractivity contribution is 7.91. The maximum Gasteiger partial charge on any atom is 0.407 e. The summed E-state index contributed by atoms with van der Waals surface area (Å²) in [4.78, 5) is 59.3. The van der Waals surface area contributed by atoms with Crippen LogP contribution in [0.1, 0.15) is 63.9 Å². The van der Waals surface area contributed by atoms with E-state index in [-0.39, 0.29) is 31.7 Å². The minimum absolute atomic E-state index is 0.139. The second-order valence-electron chi connectivity index (χ2n) is 14.5. The van der Waals surface area contributed by atoms with Gasteiger partial charge in [-0.3, -0.25) is 19.1 Å². The number of fused-ring (bicyclic) bond motifs is 3. The number of cyclic esters (lactones) is 1. The summed E-state index contributed by atoms with van der Waals surface area (Å²) in [6.07, 6.45) is 4.85. The van der Waals surface area contributed by atoms with Crippen molar-refractivity contribution in [2.24, 2.45) is 17.8 Å². The highest BCUT2D eigenvalue weighted by atomic mass is 32.2. The van der Waals surface area contributed by atoms with E-state index in [1.165, 1.54) is 6.08 Å². The van der Waals surface area contributed by atoms with Crippen molar-refractivity contribution in [2.75, 3.05) is 6.61 Å². The molecule has 3 fully saturated rings. The molecule has 4 aliphatic rings. The number of pyridine rings is 1. The summed E-state index contributed by atoms with van der Waals surface area (Å²) in [5, 5.41) is 5.65. The van der Waals surface area contributed by atoms with Crippen molar-refractivity contribution in [3.05, 3.63) is 72.8 Å². The molecule has 2 heterocycles. The van der Waals surface area contributed by atoms with Gasteiger partial charge in [0.15, 0.2) is 5.78 Å². The number of ketones is 1. The highest BCUT2D eigenvalue weighted by Gasteiger charge is 2.62. The minimum Gasteiger partial charge on any atom is -0.490 e. The van der Waals surface area contributed by atoms with Crippen LogP contribution in [0.4, 0.5) is 4.79 Å². The number of Topliss-reactive ketones (excluding diaryl/α,β-unsaturated/α-hetero) is 1. The van der Waals surface area contributed by atoms with E-state index in [2.05, 4.69) is 34.1 Å². The number of benzene rings is 2. The minimum atomic E-state index is -3.87. The summed E-state index contributed by atoms with van der Waals surface area (Å²) in [5.41, 5.74) is 1.97. The summed E-state index contributed by atoms with van der Waals surface area (Å²) in [5.74, 6) is -3.48. The van der Waals surface area contributed by atoms with Crippen LogP contribution in [0.5, 0.6) is 5.75 Å². The maximum atomic E-state index is 14.2. The van der Waals surface area contributed by atoms with Gasteiger partial charge in [0, 0.05) is 28.9 Å². The number of ether oxygens (including phenoxy) is 2. The van der Waals surface area contributed by atoms with Crippen LogP contribution in [0.3, 0.4) is 0 Å². The Bertz CT molecular complexity index is 2020. The average Bonchev–Trinajstić information content (AvgIpc) is 4.06. The van der Waals surface area contributed by atoms with E-state index in [1.54, 1.807) is 6.92 Å². The second-order valence-corrected chi connectivity index (χ2v) is 16.5. The van der Waals surface area contributed by atoms with Crippen molar-refractivity contribution >= 4 is 44.6 Å². The monoisotopic (exact) mass is 728 g/mol. The van der Waals surface area contributed by atoms with Gasteiger partial charge in [0.25, 0.3) is 5.91 Å². The van der Waals surface area contributed by atoms with Crippen molar-refractivity contribution in [3.63, 3.8) is 0 Å². The number of sulfonamides is 1. The lowest BCUT2D eigenvalue weighted by Gasteiger charge is -2.25. The Labute approximate surface area is 303 Å². The van der Waals surface area contributed by atoms with E-state index >= 15 is 0 Å². The highest BCUT2D eigenvalue weighted by Crippen LogP contribution is 2.47. The average molecular weight is 729 g/mol. The molecule has 0 spiro atoms. The fraction of sp³-hybridized carbons (Fsp3) is 0.462. The molecule has 52 heavy (non-hydrogen) atoms. The van der Waals surface area contributed by atoms with Gasteiger partial charge in [-0.15, -0.1) is 6.58 Å². The van der Waals surface area contributed by atoms with Crippen LogP contribution >= 0.6 is 0 Å². The molecule has 1 aromatic heterocycles. The number of rotatable bonds is 7. The van der Waals surface area contributed by atoms with Crippen molar-refractivity contribution in [2.45, 2.75) is 87.6 Å². The SMILES string of the molecule is C=C[C@@H]1C[C@]1(NC(=O)[C@@H]1C[C@@H]2CC1C(=O)[C@H](C)NC(=O)OCCCCCc1ccc3nc(-c4ccccc4)cc(c3c1)O2)C(=O)NS(=O)(=O)C1CC1. The van der Waals surface area contributed by atoms with Crippen molar-refractivity contribution in [1.29, 1.82) is 0 Å². The number of aryl methyl sites for hydroxylation is 1. The molecule has 1 aliphatic heterocycles. The number of hydrogen-bond acceptors (Lipinski definition) is 9. The summed E-state index contributed by atoms with van der Waals surface area (Å²) >= 11 is 0. The summed E-state index contributed by atoms with van der Waals surface area (Å²) in [6, 6.07) is 16.8. The van der Waals surface area contributed by atoms with Crippen molar-refractivity contribution < 1.29 is 37.1 Å². The fourth-order valence-electron chi connectivity index (χ4n) is 7.54. The van der Waals surface area contributed by atoms with Crippen LogP contribution in [0.15, 0.2) is 67.3 Å². The Hall–Kier alpha value is -4.78. The van der Waals surface area contributed by atoms with E-state index in [0.717, 1.165) is 41.3 Å². The molecule has 3 amide bonds. The molecule has 7 rings (SSSR count). The standard InChI is InChI=1S/C39H44N4O8S/c1-3-26-22-39(26,37(46)43-52(48,49)28-14-15-28)42-36(45)30-20-27-19-29(30)35(44)23(2)40-38(47)50-17-9-5-6-10-24-13-16-32-31(18-24)34(51-27)21-33(41-32)25-11-7-4-8-12-25/h3-4,7-8,11-13,16,18,21,23,26-30H,1,5-6,9-10,14-15,17,19-20,22H2,2H3,(H,40,47)(H,42,45)(H,43,46)/t23-,26+,27-,29?,30+,39+/m0/s1. The smallest absolute Gasteiger partial charge is 0.407 e. The molecule has 4 bridgehead atoms. The third-order valence-electron chi connectivity index (χ3n) is 10.8. The fourth-order valence-corrected chi connectivity index (χ4v) is 8.90. The number of carbonyl (C=O) groups is 4. The van der Waals surface area contributed by atoms with Gasteiger partial charge < -0.3 is 20.1 Å². The lowest BCUT2D eigenvalue weighted by molar-refractivity contribution is -0.135. The molecular weight excluding hydrogens is 685 g/mol. The molecule has 3 aliphatic carbocycles. The third kappa shape index (κ3) is 7.41. The van der Waals surface area contributed by atoms with Crippen LogP contribution in [0.25, 0.3) is 22.2 Å². The van der Waals surface area contributed by atoms with E-state index in [4.69, 9.17) is 14.5 Å². The molecule has 0 saturated heterocycles. The topological polar surface area (TPSA) is 170 Å². The lowest BCUT2D eigenvalue weighted by Crippen LogP contribution is -2.54. The van der Waals surface area contributed by atoms with Gasteiger partial charge in [-0.25, -0.2) is 18.2 Å². The predicted octanol–water partition coefficient (Wildman–Crippen LogP) is 4.75. The van der Waals surface area contributed by atoms with Gasteiger partial charge in [-0.1, -0.05) is 42.5 Å². The molecule has 3 N–H and O–H groups in total. The first-order chi connectivity index (χ1) is 25.0. The molecule has 274 valence electrons. The molecule has 3 aromatic rings. The molecule has 1 unspecified atom stereocenters. The van der Waals surface area contributed by atoms with Gasteiger partial charge in [0.05, 0.1) is 35.0 Å². The van der Waals surface area contributed by atoms with E-state index in [9.17, 15) is 27.6 Å². The van der Waals surface area contributed by atoms with Gasteiger partial charge >= 0.3 is 6.09 Å². The molecule has 0 radical (unpaired) electrons. The number of nitrogens with one attached hydrogen (secondary N) is 3. The first-order valence-corrected chi connectivity index (χ1v) is 19.7. The Morgan fingerprint density at radius 1 is 1.04 bits per heavy atom. The normalized spacial score (nSPS) is 28.1. The first kappa shape index (κ1) is 35.6. The molecular formula is C39H44N4O8S. The molecule has 3 saturated carbocycles. The number of hydrogen-bond donors (Lipinski definition) is 3. The van der Waals surface area contributed by atoms with E-state index < -0.39 is 68.6 Å². The van der Waals surface area contributed by atoms with Gasteiger partial charge in [-0.05, 0) is 82.4 Å². The largest absolute Gasteiger partial charge is 0.490 e. The number of aromatic nitrogens is 1. The zero-order valence-corrected chi connectivity index (χ0v) is 30.0. The second kappa shape index (κ2) is 14.3. The van der Waals surface area contributed by atoms with Gasteiger partial charge in [0.2, 0.25) is 15.9 Å². The predicted molar refractivity (Wildman–Crippen MR) is 194 cm³/mol. The van der Waals surface area contributed by atoms with Crippen molar-refractivity contribution in [1.82, 2.24) is 20.3 Å². The van der Waals surface area contributed by atoms with Crippen LogP contribution < -0.4 is 20.1 Å². The third-order valence-corrected chi connectivity index (χ3v) is 12.6. The zero-order valence-electron chi connectivity index (χ0n) is 29.1. The van der Waals surface area contributed by atoms with Gasteiger partial charge in [0.1, 0.15) is 17.4 Å².